The van der Waals surface area contributed by atoms with E-state index in [0.29, 0.717) is 5.92 Å². The van der Waals surface area contributed by atoms with Crippen molar-refractivity contribution >= 4 is 16.5 Å². The van der Waals surface area contributed by atoms with Gasteiger partial charge >= 0.3 is 0 Å². The summed E-state index contributed by atoms with van der Waals surface area (Å²) in [4.78, 5) is 8.67. The molecular weight excluding hydrogens is 282 g/mol. The molecule has 1 saturated heterocycles. The smallest absolute Gasteiger partial charge is 0.185 e. The highest BCUT2D eigenvalue weighted by Crippen LogP contribution is 2.32. The Balaban J connectivity index is 2.07. The van der Waals surface area contributed by atoms with Crippen LogP contribution in [0.4, 0.5) is 5.13 Å². The largest absolute Gasteiger partial charge is 0.381 e. The highest BCUT2D eigenvalue weighted by molar-refractivity contribution is 7.15. The van der Waals surface area contributed by atoms with E-state index in [4.69, 9.17) is 9.72 Å². The van der Waals surface area contributed by atoms with E-state index < -0.39 is 0 Å². The van der Waals surface area contributed by atoms with Crippen LogP contribution < -0.4 is 10.2 Å². The maximum atomic E-state index is 5.45. The summed E-state index contributed by atoms with van der Waals surface area (Å²) in [6.45, 7) is 8.35. The normalized spacial score (nSPS) is 17.9. The summed E-state index contributed by atoms with van der Waals surface area (Å²) in [6.07, 6.45) is 3.50. The number of hydrogen-bond donors (Lipinski definition) is 1. The molecular formula is C16H29N3OS. The maximum absolute atomic E-state index is 5.45. The number of aromatic nitrogens is 1. The molecule has 5 heteroatoms. The number of ether oxygens (including phenoxy) is 1. The van der Waals surface area contributed by atoms with Gasteiger partial charge in [0.25, 0.3) is 0 Å². The van der Waals surface area contributed by atoms with E-state index in [2.05, 4.69) is 31.1 Å². The zero-order valence-corrected chi connectivity index (χ0v) is 14.6. The molecule has 120 valence electrons. The van der Waals surface area contributed by atoms with Gasteiger partial charge in [0.2, 0.25) is 0 Å². The van der Waals surface area contributed by atoms with E-state index in [1.54, 1.807) is 0 Å². The summed E-state index contributed by atoms with van der Waals surface area (Å²) < 4.78 is 5.45. The predicted octanol–water partition coefficient (Wildman–Crippen LogP) is 3.24. The number of thiazole rings is 1. The molecule has 0 spiro atoms. The highest BCUT2D eigenvalue weighted by Gasteiger charge is 2.20. The molecule has 21 heavy (non-hydrogen) atoms. The third-order valence-electron chi connectivity index (χ3n) is 4.33. The Hall–Kier alpha value is -0.650. The monoisotopic (exact) mass is 311 g/mol. The minimum Gasteiger partial charge on any atom is -0.381 e. The Kier molecular flexibility index (Phi) is 6.45. The third kappa shape index (κ3) is 4.41. The van der Waals surface area contributed by atoms with Crippen molar-refractivity contribution in [2.75, 3.05) is 38.8 Å². The first kappa shape index (κ1) is 16.7. The van der Waals surface area contributed by atoms with Gasteiger partial charge in [-0.15, -0.1) is 11.3 Å². The summed E-state index contributed by atoms with van der Waals surface area (Å²) in [7, 11) is 4.18. The molecule has 2 heterocycles. The first-order valence-corrected chi connectivity index (χ1v) is 8.90. The number of nitrogens with one attached hydrogen (secondary N) is 1. The van der Waals surface area contributed by atoms with Crippen molar-refractivity contribution in [3.8, 4) is 0 Å². The Bertz CT molecular complexity index is 429. The quantitative estimate of drug-likeness (QED) is 0.839. The van der Waals surface area contributed by atoms with Crippen molar-refractivity contribution in [2.24, 2.45) is 5.92 Å². The molecule has 0 bridgehead atoms. The first-order chi connectivity index (χ1) is 10.2. The lowest BCUT2D eigenvalue weighted by Crippen LogP contribution is -2.29. The van der Waals surface area contributed by atoms with E-state index >= 15 is 0 Å². The zero-order valence-electron chi connectivity index (χ0n) is 13.8. The van der Waals surface area contributed by atoms with Gasteiger partial charge in [-0.2, -0.15) is 0 Å². The minimum absolute atomic E-state index is 0.537. The summed E-state index contributed by atoms with van der Waals surface area (Å²) in [5.41, 5.74) is 1.28. The SMILES string of the molecule is CCC(C)c1nc(N(C)CC2CCOCC2)sc1CNC. The van der Waals surface area contributed by atoms with Crippen LogP contribution >= 0.6 is 11.3 Å². The fourth-order valence-electron chi connectivity index (χ4n) is 2.77. The molecule has 1 aromatic heterocycles. The van der Waals surface area contributed by atoms with Crippen LogP contribution in [-0.4, -0.2) is 38.8 Å². The van der Waals surface area contributed by atoms with Gasteiger partial charge in [0.1, 0.15) is 0 Å². The zero-order chi connectivity index (χ0) is 15.2. The highest BCUT2D eigenvalue weighted by atomic mass is 32.1. The fourth-order valence-corrected chi connectivity index (χ4v) is 3.94. The van der Waals surface area contributed by atoms with Crippen molar-refractivity contribution in [3.63, 3.8) is 0 Å². The molecule has 0 aromatic carbocycles. The molecule has 1 atom stereocenters. The van der Waals surface area contributed by atoms with Crippen molar-refractivity contribution in [3.05, 3.63) is 10.6 Å². The lowest BCUT2D eigenvalue weighted by molar-refractivity contribution is 0.0685. The van der Waals surface area contributed by atoms with Crippen LogP contribution in [0.3, 0.4) is 0 Å². The van der Waals surface area contributed by atoms with Gasteiger partial charge < -0.3 is 15.0 Å². The van der Waals surface area contributed by atoms with Crippen molar-refractivity contribution in [1.29, 1.82) is 0 Å². The topological polar surface area (TPSA) is 37.4 Å². The van der Waals surface area contributed by atoms with Gasteiger partial charge in [0, 0.05) is 38.2 Å². The molecule has 0 saturated carbocycles. The summed E-state index contributed by atoms with van der Waals surface area (Å²) in [6, 6.07) is 0. The molecule has 1 N–H and O–H groups in total. The fraction of sp³-hybridized carbons (Fsp3) is 0.812. The van der Waals surface area contributed by atoms with Gasteiger partial charge in [-0.1, -0.05) is 13.8 Å². The molecule has 1 fully saturated rings. The molecule has 1 unspecified atom stereocenters. The maximum Gasteiger partial charge on any atom is 0.185 e. The van der Waals surface area contributed by atoms with Crippen LogP contribution in [0.15, 0.2) is 0 Å². The van der Waals surface area contributed by atoms with E-state index in [1.807, 2.05) is 18.4 Å². The summed E-state index contributed by atoms with van der Waals surface area (Å²) in [5, 5.41) is 4.44. The summed E-state index contributed by atoms with van der Waals surface area (Å²) >= 11 is 1.85. The van der Waals surface area contributed by atoms with E-state index in [-0.39, 0.29) is 0 Å². The average molecular weight is 311 g/mol. The third-order valence-corrected chi connectivity index (χ3v) is 5.52. The molecule has 1 aromatic rings. The standard InChI is InChI=1S/C16H29N3OS/c1-5-12(2)15-14(10-17-3)21-16(18-15)19(4)11-13-6-8-20-9-7-13/h12-13,17H,5-11H2,1-4H3. The van der Waals surface area contributed by atoms with Crippen LogP contribution in [0, 0.1) is 5.92 Å². The second kappa shape index (κ2) is 8.11. The van der Waals surface area contributed by atoms with Gasteiger partial charge in [-0.3, -0.25) is 0 Å². The van der Waals surface area contributed by atoms with Gasteiger partial charge in [-0.25, -0.2) is 4.98 Å². The Labute approximate surface area is 132 Å². The second-order valence-corrected chi connectivity index (χ2v) is 7.14. The van der Waals surface area contributed by atoms with Crippen LogP contribution in [0.25, 0.3) is 0 Å². The van der Waals surface area contributed by atoms with E-state index in [1.165, 1.54) is 28.5 Å². The molecule has 0 amide bonds. The van der Waals surface area contributed by atoms with Crippen LogP contribution in [-0.2, 0) is 11.3 Å². The number of anilines is 1. The lowest BCUT2D eigenvalue weighted by Gasteiger charge is -2.26. The number of nitrogens with zero attached hydrogens (tertiary/aromatic N) is 2. The van der Waals surface area contributed by atoms with Crippen molar-refractivity contribution in [1.82, 2.24) is 10.3 Å². The van der Waals surface area contributed by atoms with E-state index in [9.17, 15) is 0 Å². The molecule has 0 radical (unpaired) electrons. The Morgan fingerprint density at radius 2 is 2.14 bits per heavy atom. The van der Waals surface area contributed by atoms with E-state index in [0.717, 1.165) is 38.6 Å². The summed E-state index contributed by atoms with van der Waals surface area (Å²) in [5.74, 6) is 1.28. The van der Waals surface area contributed by atoms with Gasteiger partial charge in [0.15, 0.2) is 5.13 Å². The van der Waals surface area contributed by atoms with Crippen molar-refractivity contribution in [2.45, 2.75) is 45.6 Å². The van der Waals surface area contributed by atoms with Gasteiger partial charge in [0.05, 0.1) is 5.69 Å². The molecule has 4 nitrogen and oxygen atoms in total. The number of rotatable bonds is 7. The second-order valence-electron chi connectivity index (χ2n) is 6.08. The molecule has 1 aliphatic rings. The Morgan fingerprint density at radius 3 is 2.76 bits per heavy atom. The van der Waals surface area contributed by atoms with Crippen molar-refractivity contribution < 1.29 is 4.74 Å². The predicted molar refractivity (Wildman–Crippen MR) is 90.4 cm³/mol. The van der Waals surface area contributed by atoms with Crippen LogP contribution in [0.2, 0.25) is 0 Å². The minimum atomic E-state index is 0.537. The first-order valence-electron chi connectivity index (χ1n) is 8.08. The molecule has 1 aliphatic heterocycles. The lowest BCUT2D eigenvalue weighted by atomic mass is 10.0. The molecule has 2 rings (SSSR count). The van der Waals surface area contributed by atoms with Crippen LogP contribution in [0.5, 0.6) is 0 Å². The average Bonchev–Trinajstić information content (AvgIpc) is 2.92. The van der Waals surface area contributed by atoms with Crippen LogP contribution in [0.1, 0.15) is 49.6 Å². The molecule has 0 aliphatic carbocycles. The number of hydrogen-bond acceptors (Lipinski definition) is 5. The Morgan fingerprint density at radius 1 is 1.43 bits per heavy atom. The van der Waals surface area contributed by atoms with Gasteiger partial charge in [-0.05, 0) is 38.1 Å².